The summed E-state index contributed by atoms with van der Waals surface area (Å²) >= 11 is 5.76. The lowest BCUT2D eigenvalue weighted by Crippen LogP contribution is -2.30. The van der Waals surface area contributed by atoms with Crippen molar-refractivity contribution in [2.24, 2.45) is 0 Å². The fourth-order valence-corrected chi connectivity index (χ4v) is 2.73. The van der Waals surface area contributed by atoms with E-state index in [4.69, 9.17) is 22.0 Å². The van der Waals surface area contributed by atoms with Crippen molar-refractivity contribution in [2.75, 3.05) is 6.54 Å². The number of aliphatic hydroxyl groups excluding tert-OH is 1. The summed E-state index contributed by atoms with van der Waals surface area (Å²) in [5, 5.41) is 17.7. The van der Waals surface area contributed by atoms with Gasteiger partial charge in [0.25, 0.3) is 0 Å². The highest BCUT2D eigenvalue weighted by atomic mass is 35.5. The summed E-state index contributed by atoms with van der Waals surface area (Å²) in [5.41, 5.74) is 0.201. The summed E-state index contributed by atoms with van der Waals surface area (Å²) in [7, 11) is -3.81. The van der Waals surface area contributed by atoms with Crippen LogP contribution in [0.3, 0.4) is 0 Å². The Bertz CT molecular complexity index is 549. The number of hydrogen-bond donors (Lipinski definition) is 2. The zero-order valence-corrected chi connectivity index (χ0v) is 10.6. The second-order valence-corrected chi connectivity index (χ2v) is 5.60. The average molecular weight is 275 g/mol. The molecule has 0 bridgehead atoms. The predicted octanol–water partition coefficient (Wildman–Crippen LogP) is 0.871. The highest BCUT2D eigenvalue weighted by molar-refractivity contribution is 7.89. The van der Waals surface area contributed by atoms with Crippen LogP contribution in [0.5, 0.6) is 0 Å². The van der Waals surface area contributed by atoms with Gasteiger partial charge in [-0.05, 0) is 25.1 Å². The molecule has 0 unspecified atom stereocenters. The Labute approximate surface area is 105 Å². The summed E-state index contributed by atoms with van der Waals surface area (Å²) in [5.74, 6) is 0. The molecular weight excluding hydrogens is 264 g/mol. The van der Waals surface area contributed by atoms with E-state index < -0.39 is 16.1 Å². The maximum atomic E-state index is 11.8. The van der Waals surface area contributed by atoms with Gasteiger partial charge in [0.05, 0.1) is 22.8 Å². The van der Waals surface area contributed by atoms with E-state index >= 15 is 0 Å². The topological polar surface area (TPSA) is 90.2 Å². The van der Waals surface area contributed by atoms with Crippen LogP contribution in [0.4, 0.5) is 0 Å². The van der Waals surface area contributed by atoms with Gasteiger partial charge in [0.2, 0.25) is 10.0 Å². The van der Waals surface area contributed by atoms with Crippen LogP contribution in [0.1, 0.15) is 12.5 Å². The normalized spacial score (nSPS) is 13.1. The van der Waals surface area contributed by atoms with Crippen LogP contribution < -0.4 is 4.72 Å². The van der Waals surface area contributed by atoms with E-state index in [1.54, 1.807) is 0 Å². The Morgan fingerprint density at radius 2 is 2.24 bits per heavy atom. The van der Waals surface area contributed by atoms with Crippen LogP contribution in [0.25, 0.3) is 0 Å². The molecule has 0 saturated carbocycles. The maximum absolute atomic E-state index is 11.8. The van der Waals surface area contributed by atoms with Gasteiger partial charge in [-0.2, -0.15) is 5.26 Å². The molecule has 0 saturated heterocycles. The summed E-state index contributed by atoms with van der Waals surface area (Å²) in [4.78, 5) is -0.168. The Morgan fingerprint density at radius 3 is 2.76 bits per heavy atom. The fraction of sp³-hybridized carbons (Fsp3) is 0.300. The molecule has 0 amide bonds. The number of hydrogen-bond acceptors (Lipinski definition) is 4. The average Bonchev–Trinajstić information content (AvgIpc) is 2.27. The third-order valence-corrected chi connectivity index (χ3v) is 3.82. The van der Waals surface area contributed by atoms with E-state index in [2.05, 4.69) is 4.72 Å². The first-order valence-electron chi connectivity index (χ1n) is 4.74. The zero-order valence-electron chi connectivity index (χ0n) is 9.01. The third kappa shape index (κ3) is 3.68. The minimum Gasteiger partial charge on any atom is -0.392 e. The summed E-state index contributed by atoms with van der Waals surface area (Å²) in [6.45, 7) is 1.34. The number of halogens is 1. The highest BCUT2D eigenvalue weighted by Crippen LogP contribution is 2.22. The lowest BCUT2D eigenvalue weighted by molar-refractivity contribution is 0.198. The minimum atomic E-state index is -3.81. The van der Waals surface area contributed by atoms with Gasteiger partial charge in [-0.1, -0.05) is 11.6 Å². The van der Waals surface area contributed by atoms with Crippen LogP contribution in [-0.4, -0.2) is 26.2 Å². The summed E-state index contributed by atoms with van der Waals surface area (Å²) in [6.07, 6.45) is -0.803. The second-order valence-electron chi connectivity index (χ2n) is 3.46. The third-order valence-electron chi connectivity index (χ3n) is 1.92. The molecular formula is C10H11ClN2O3S. The van der Waals surface area contributed by atoms with Gasteiger partial charge in [-0.15, -0.1) is 0 Å². The molecule has 0 aliphatic carbocycles. The van der Waals surface area contributed by atoms with E-state index in [0.29, 0.717) is 0 Å². The first-order chi connectivity index (χ1) is 7.86. The number of aliphatic hydroxyl groups is 1. The monoisotopic (exact) mass is 274 g/mol. The molecule has 7 heteroatoms. The molecule has 92 valence electrons. The zero-order chi connectivity index (χ0) is 13.1. The standard InChI is InChI=1S/C10H11ClN2O3S/c1-7(14)6-13-17(15,16)10-4-8(5-12)2-3-9(10)11/h2-4,7,13-14H,6H2,1H3/t7-/m1/s1. The molecule has 0 aliphatic heterocycles. The van der Waals surface area contributed by atoms with Gasteiger partial charge in [0, 0.05) is 6.54 Å². The Kier molecular flexibility index (Phi) is 4.48. The largest absolute Gasteiger partial charge is 0.392 e. The Hall–Kier alpha value is -1.13. The van der Waals surface area contributed by atoms with E-state index in [-0.39, 0.29) is 22.0 Å². The van der Waals surface area contributed by atoms with E-state index in [1.165, 1.54) is 25.1 Å². The van der Waals surface area contributed by atoms with Crippen LogP contribution in [0, 0.1) is 11.3 Å². The van der Waals surface area contributed by atoms with E-state index in [9.17, 15) is 8.42 Å². The van der Waals surface area contributed by atoms with Gasteiger partial charge < -0.3 is 5.11 Å². The molecule has 0 fully saturated rings. The number of rotatable bonds is 4. The summed E-state index contributed by atoms with van der Waals surface area (Å²) in [6, 6.07) is 5.79. The van der Waals surface area contributed by atoms with Crippen molar-refractivity contribution in [3.8, 4) is 6.07 Å². The quantitative estimate of drug-likeness (QED) is 0.852. The molecule has 5 nitrogen and oxygen atoms in total. The number of sulfonamides is 1. The molecule has 0 spiro atoms. The van der Waals surface area contributed by atoms with Crippen molar-refractivity contribution in [1.29, 1.82) is 5.26 Å². The predicted molar refractivity (Wildman–Crippen MR) is 63.0 cm³/mol. The van der Waals surface area contributed by atoms with Crippen molar-refractivity contribution in [3.63, 3.8) is 0 Å². The molecule has 17 heavy (non-hydrogen) atoms. The lowest BCUT2D eigenvalue weighted by Gasteiger charge is -2.09. The molecule has 0 radical (unpaired) electrons. The van der Waals surface area contributed by atoms with Crippen LogP contribution in [0.2, 0.25) is 5.02 Å². The Morgan fingerprint density at radius 1 is 1.59 bits per heavy atom. The van der Waals surface area contributed by atoms with E-state index in [1.807, 2.05) is 6.07 Å². The number of benzene rings is 1. The van der Waals surface area contributed by atoms with Crippen LogP contribution >= 0.6 is 11.6 Å². The molecule has 1 rings (SSSR count). The maximum Gasteiger partial charge on any atom is 0.242 e. The van der Waals surface area contributed by atoms with Gasteiger partial charge >= 0.3 is 0 Å². The number of nitriles is 1. The van der Waals surface area contributed by atoms with Crippen LogP contribution in [0.15, 0.2) is 23.1 Å². The molecule has 1 aromatic carbocycles. The van der Waals surface area contributed by atoms with Gasteiger partial charge in [0.15, 0.2) is 0 Å². The second kappa shape index (κ2) is 5.47. The first-order valence-corrected chi connectivity index (χ1v) is 6.60. The summed E-state index contributed by atoms with van der Waals surface area (Å²) < 4.78 is 25.8. The van der Waals surface area contributed by atoms with Crippen molar-refractivity contribution in [1.82, 2.24) is 4.72 Å². The molecule has 0 aromatic heterocycles. The fourth-order valence-electron chi connectivity index (χ4n) is 1.09. The molecule has 2 N–H and O–H groups in total. The minimum absolute atomic E-state index is 0.0297. The van der Waals surface area contributed by atoms with Gasteiger partial charge in [-0.3, -0.25) is 0 Å². The molecule has 0 heterocycles. The van der Waals surface area contributed by atoms with Crippen molar-refractivity contribution in [2.45, 2.75) is 17.9 Å². The first kappa shape index (κ1) is 13.9. The number of nitrogens with zero attached hydrogens (tertiary/aromatic N) is 1. The molecule has 1 aromatic rings. The van der Waals surface area contributed by atoms with Crippen molar-refractivity contribution >= 4 is 21.6 Å². The van der Waals surface area contributed by atoms with E-state index in [0.717, 1.165) is 0 Å². The van der Waals surface area contributed by atoms with Crippen LogP contribution in [-0.2, 0) is 10.0 Å². The number of nitrogens with one attached hydrogen (secondary N) is 1. The van der Waals surface area contributed by atoms with Crippen molar-refractivity contribution in [3.05, 3.63) is 28.8 Å². The molecule has 1 atom stereocenters. The lowest BCUT2D eigenvalue weighted by atomic mass is 10.2. The van der Waals surface area contributed by atoms with Crippen molar-refractivity contribution < 1.29 is 13.5 Å². The molecule has 0 aliphatic rings. The Balaban J connectivity index is 3.11. The SMILES string of the molecule is C[C@@H](O)CNS(=O)(=O)c1cc(C#N)ccc1Cl. The smallest absolute Gasteiger partial charge is 0.242 e. The van der Waals surface area contributed by atoms with Gasteiger partial charge in [0.1, 0.15) is 4.90 Å². The highest BCUT2D eigenvalue weighted by Gasteiger charge is 2.18. The van der Waals surface area contributed by atoms with Gasteiger partial charge in [-0.25, -0.2) is 13.1 Å².